The molecule has 1 fully saturated rings. The number of H-pyrrole nitrogens is 1. The Hall–Kier alpha value is -2.25. The SMILES string of the molecule is CCCOC(=O)N[C@H]1CCN(c2cc(=O)n(C)c(=O)[nH]2)C1. The van der Waals surface area contributed by atoms with E-state index < -0.39 is 11.8 Å². The van der Waals surface area contributed by atoms with Crippen LogP contribution in [0.2, 0.25) is 0 Å². The summed E-state index contributed by atoms with van der Waals surface area (Å²) in [5, 5.41) is 2.78. The Morgan fingerprint density at radius 2 is 2.29 bits per heavy atom. The standard InChI is InChI=1S/C13H20N4O4/c1-3-6-21-13(20)14-9-4-5-17(8-9)10-7-11(18)16(2)12(19)15-10/h7,9H,3-6,8H2,1-2H3,(H,14,20)(H,15,19)/t9-/m0/s1. The number of nitrogens with zero attached hydrogens (tertiary/aromatic N) is 2. The fraction of sp³-hybridized carbons (Fsp3) is 0.615. The summed E-state index contributed by atoms with van der Waals surface area (Å²) in [6.07, 6.45) is 1.08. The van der Waals surface area contributed by atoms with Gasteiger partial charge in [0.05, 0.1) is 12.6 Å². The molecule has 2 heterocycles. The molecule has 1 aromatic rings. The van der Waals surface area contributed by atoms with Crippen LogP contribution in [0, 0.1) is 0 Å². The minimum absolute atomic E-state index is 0.0538. The largest absolute Gasteiger partial charge is 0.450 e. The maximum absolute atomic E-state index is 11.6. The van der Waals surface area contributed by atoms with Gasteiger partial charge >= 0.3 is 11.8 Å². The number of carbonyl (C=O) groups is 1. The van der Waals surface area contributed by atoms with Gasteiger partial charge in [0.25, 0.3) is 5.56 Å². The molecule has 1 amide bonds. The molecule has 0 aliphatic carbocycles. The predicted octanol–water partition coefficient (Wildman–Crippen LogP) is -0.211. The zero-order valence-electron chi connectivity index (χ0n) is 12.2. The lowest BCUT2D eigenvalue weighted by atomic mass is 10.3. The number of amides is 1. The molecule has 116 valence electrons. The van der Waals surface area contributed by atoms with E-state index in [4.69, 9.17) is 4.74 Å². The van der Waals surface area contributed by atoms with Crippen LogP contribution in [0.25, 0.3) is 0 Å². The summed E-state index contributed by atoms with van der Waals surface area (Å²) in [6, 6.07) is 1.33. The van der Waals surface area contributed by atoms with E-state index in [1.54, 1.807) is 0 Å². The van der Waals surface area contributed by atoms with Gasteiger partial charge in [0.1, 0.15) is 5.82 Å². The number of anilines is 1. The molecule has 1 atom stereocenters. The molecule has 21 heavy (non-hydrogen) atoms. The van der Waals surface area contributed by atoms with Gasteiger partial charge in [-0.25, -0.2) is 9.59 Å². The molecule has 1 aliphatic heterocycles. The summed E-state index contributed by atoms with van der Waals surface area (Å²) in [7, 11) is 1.42. The van der Waals surface area contributed by atoms with Gasteiger partial charge in [-0.2, -0.15) is 0 Å². The van der Waals surface area contributed by atoms with Gasteiger partial charge in [-0.3, -0.25) is 14.3 Å². The quantitative estimate of drug-likeness (QED) is 0.801. The maximum atomic E-state index is 11.6. The van der Waals surface area contributed by atoms with Crippen LogP contribution in [-0.2, 0) is 11.8 Å². The van der Waals surface area contributed by atoms with Crippen LogP contribution >= 0.6 is 0 Å². The second-order valence-corrected chi connectivity index (χ2v) is 5.07. The second-order valence-electron chi connectivity index (χ2n) is 5.07. The number of hydrogen-bond acceptors (Lipinski definition) is 5. The lowest BCUT2D eigenvalue weighted by Gasteiger charge is -2.18. The van der Waals surface area contributed by atoms with E-state index in [2.05, 4.69) is 10.3 Å². The van der Waals surface area contributed by atoms with Crippen molar-refractivity contribution in [2.45, 2.75) is 25.8 Å². The highest BCUT2D eigenvalue weighted by atomic mass is 16.5. The number of hydrogen-bond donors (Lipinski definition) is 2. The smallest absolute Gasteiger partial charge is 0.407 e. The first kappa shape index (κ1) is 15.1. The third-order valence-corrected chi connectivity index (χ3v) is 3.42. The van der Waals surface area contributed by atoms with Crippen molar-refractivity contribution in [2.75, 3.05) is 24.6 Å². The van der Waals surface area contributed by atoms with Gasteiger partial charge < -0.3 is 15.0 Å². The third kappa shape index (κ3) is 3.65. The van der Waals surface area contributed by atoms with Crippen molar-refractivity contribution in [3.05, 3.63) is 26.9 Å². The number of ether oxygens (including phenoxy) is 1. The maximum Gasteiger partial charge on any atom is 0.407 e. The van der Waals surface area contributed by atoms with Gasteiger partial charge in [0.2, 0.25) is 0 Å². The number of nitrogens with one attached hydrogen (secondary N) is 2. The summed E-state index contributed by atoms with van der Waals surface area (Å²) in [6.45, 7) is 3.51. The van der Waals surface area contributed by atoms with Crippen LogP contribution < -0.4 is 21.5 Å². The average Bonchev–Trinajstić information content (AvgIpc) is 2.90. The first-order valence-corrected chi connectivity index (χ1v) is 7.00. The van der Waals surface area contributed by atoms with Crippen molar-refractivity contribution in [2.24, 2.45) is 7.05 Å². The molecule has 0 spiro atoms. The second kappa shape index (κ2) is 6.47. The third-order valence-electron chi connectivity index (χ3n) is 3.42. The molecule has 0 radical (unpaired) electrons. The highest BCUT2D eigenvalue weighted by Gasteiger charge is 2.25. The molecular weight excluding hydrogens is 276 g/mol. The van der Waals surface area contributed by atoms with Crippen LogP contribution in [0.4, 0.5) is 10.6 Å². The molecule has 8 nitrogen and oxygen atoms in total. The van der Waals surface area contributed by atoms with Crippen molar-refractivity contribution in [1.29, 1.82) is 0 Å². The molecule has 0 aromatic carbocycles. The van der Waals surface area contributed by atoms with Gasteiger partial charge in [0, 0.05) is 26.2 Å². The van der Waals surface area contributed by atoms with Crippen molar-refractivity contribution < 1.29 is 9.53 Å². The number of alkyl carbamates (subject to hydrolysis) is 1. The molecule has 2 rings (SSSR count). The minimum Gasteiger partial charge on any atom is -0.450 e. The van der Waals surface area contributed by atoms with Crippen molar-refractivity contribution in [1.82, 2.24) is 14.9 Å². The number of carbonyl (C=O) groups excluding carboxylic acids is 1. The van der Waals surface area contributed by atoms with Crippen molar-refractivity contribution in [3.63, 3.8) is 0 Å². The molecule has 0 unspecified atom stereocenters. The Balaban J connectivity index is 1.98. The Bertz CT molecular complexity index is 590. The van der Waals surface area contributed by atoms with E-state index in [0.717, 1.165) is 17.4 Å². The van der Waals surface area contributed by atoms with E-state index in [0.29, 0.717) is 25.5 Å². The van der Waals surface area contributed by atoms with Gasteiger partial charge in [-0.1, -0.05) is 6.92 Å². The van der Waals surface area contributed by atoms with Crippen LogP contribution in [-0.4, -0.2) is 41.4 Å². The molecule has 1 saturated heterocycles. The lowest BCUT2D eigenvalue weighted by Crippen LogP contribution is -2.39. The Morgan fingerprint density at radius 3 is 2.95 bits per heavy atom. The summed E-state index contributed by atoms with van der Waals surface area (Å²) in [4.78, 5) is 39.2. The van der Waals surface area contributed by atoms with E-state index in [1.165, 1.54) is 13.1 Å². The Labute approximate surface area is 121 Å². The van der Waals surface area contributed by atoms with Gasteiger partial charge in [0.15, 0.2) is 0 Å². The molecule has 0 bridgehead atoms. The molecular formula is C13H20N4O4. The number of rotatable bonds is 4. The molecule has 2 N–H and O–H groups in total. The highest BCUT2D eigenvalue weighted by molar-refractivity contribution is 5.67. The lowest BCUT2D eigenvalue weighted by molar-refractivity contribution is 0.143. The molecule has 1 aliphatic rings. The summed E-state index contributed by atoms with van der Waals surface area (Å²) in [5.74, 6) is 0.481. The summed E-state index contributed by atoms with van der Waals surface area (Å²) >= 11 is 0. The number of aromatic amines is 1. The van der Waals surface area contributed by atoms with E-state index >= 15 is 0 Å². The van der Waals surface area contributed by atoms with Crippen LogP contribution in [0.15, 0.2) is 15.7 Å². The van der Waals surface area contributed by atoms with Gasteiger partial charge in [-0.05, 0) is 12.8 Å². The first-order chi connectivity index (χ1) is 10.0. The van der Waals surface area contributed by atoms with Gasteiger partial charge in [-0.15, -0.1) is 0 Å². The molecule has 0 saturated carbocycles. The average molecular weight is 296 g/mol. The zero-order valence-corrected chi connectivity index (χ0v) is 12.2. The van der Waals surface area contributed by atoms with Crippen molar-refractivity contribution >= 4 is 11.9 Å². The topological polar surface area (TPSA) is 96.4 Å². The first-order valence-electron chi connectivity index (χ1n) is 7.00. The Morgan fingerprint density at radius 1 is 1.52 bits per heavy atom. The predicted molar refractivity (Wildman–Crippen MR) is 77.7 cm³/mol. The fourth-order valence-electron chi connectivity index (χ4n) is 2.21. The van der Waals surface area contributed by atoms with Crippen molar-refractivity contribution in [3.8, 4) is 0 Å². The Kier molecular flexibility index (Phi) is 4.66. The number of aromatic nitrogens is 2. The van der Waals surface area contributed by atoms with E-state index in [9.17, 15) is 14.4 Å². The van der Waals surface area contributed by atoms with Crippen LogP contribution in [0.3, 0.4) is 0 Å². The molecule has 8 heteroatoms. The normalized spacial score (nSPS) is 17.8. The monoisotopic (exact) mass is 296 g/mol. The van der Waals surface area contributed by atoms with E-state index in [-0.39, 0.29) is 11.6 Å². The minimum atomic E-state index is -0.448. The van der Waals surface area contributed by atoms with Crippen LogP contribution in [0.1, 0.15) is 19.8 Å². The summed E-state index contributed by atoms with van der Waals surface area (Å²) < 4.78 is 5.98. The van der Waals surface area contributed by atoms with E-state index in [1.807, 2.05) is 11.8 Å². The van der Waals surface area contributed by atoms with Crippen LogP contribution in [0.5, 0.6) is 0 Å². The zero-order chi connectivity index (χ0) is 15.4. The fourth-order valence-corrected chi connectivity index (χ4v) is 2.21. The molecule has 1 aromatic heterocycles. The summed E-state index contributed by atoms with van der Waals surface area (Å²) in [5.41, 5.74) is -0.802. The highest BCUT2D eigenvalue weighted by Crippen LogP contribution is 2.15.